The van der Waals surface area contributed by atoms with Crippen molar-refractivity contribution >= 4 is 11.8 Å². The summed E-state index contributed by atoms with van der Waals surface area (Å²) in [6, 6.07) is 21.2. The number of ether oxygens (including phenoxy) is 1. The predicted octanol–water partition coefficient (Wildman–Crippen LogP) is 4.31. The van der Waals surface area contributed by atoms with Crippen LogP contribution in [0.3, 0.4) is 0 Å². The summed E-state index contributed by atoms with van der Waals surface area (Å²) in [5, 5.41) is 2.97. The lowest BCUT2D eigenvalue weighted by atomic mass is 9.88. The normalized spacial score (nSPS) is 17.6. The van der Waals surface area contributed by atoms with Crippen molar-refractivity contribution in [3.8, 4) is 5.75 Å². The summed E-state index contributed by atoms with van der Waals surface area (Å²) in [6.07, 6.45) is 0. The Labute approximate surface area is 193 Å². The van der Waals surface area contributed by atoms with Gasteiger partial charge >= 0.3 is 0 Å². The summed E-state index contributed by atoms with van der Waals surface area (Å²) in [4.78, 5) is 28.2. The number of hydrogen-bond acceptors (Lipinski definition) is 3. The van der Waals surface area contributed by atoms with Crippen molar-refractivity contribution in [2.45, 2.75) is 19.4 Å². The fourth-order valence-electron chi connectivity index (χ4n) is 4.33. The number of carbonyl (C=O) groups excluding carboxylic acids is 2. The highest BCUT2D eigenvalue weighted by Crippen LogP contribution is 2.35. The van der Waals surface area contributed by atoms with E-state index < -0.39 is 5.92 Å². The number of amides is 2. The summed E-state index contributed by atoms with van der Waals surface area (Å²) in [5.74, 6) is -0.308. The highest BCUT2D eigenvalue weighted by atomic mass is 19.1. The van der Waals surface area contributed by atoms with Gasteiger partial charge in [-0.25, -0.2) is 4.39 Å². The Kier molecular flexibility index (Phi) is 6.73. The molecule has 1 aliphatic heterocycles. The van der Waals surface area contributed by atoms with Crippen LogP contribution in [0.15, 0.2) is 72.8 Å². The topological polar surface area (TPSA) is 58.6 Å². The van der Waals surface area contributed by atoms with E-state index in [0.29, 0.717) is 25.2 Å². The molecule has 3 aromatic carbocycles. The molecule has 1 aliphatic rings. The van der Waals surface area contributed by atoms with Gasteiger partial charge in [-0.1, -0.05) is 42.5 Å². The van der Waals surface area contributed by atoms with Crippen LogP contribution in [0.1, 0.15) is 33.0 Å². The number of rotatable bonds is 6. The zero-order valence-electron chi connectivity index (χ0n) is 18.8. The molecule has 0 radical (unpaired) electrons. The van der Waals surface area contributed by atoms with Crippen molar-refractivity contribution in [3.63, 3.8) is 0 Å². The minimum atomic E-state index is -0.396. The van der Waals surface area contributed by atoms with Crippen LogP contribution in [0, 0.1) is 18.7 Å². The van der Waals surface area contributed by atoms with Crippen molar-refractivity contribution in [1.29, 1.82) is 0 Å². The van der Waals surface area contributed by atoms with Crippen molar-refractivity contribution in [2.75, 3.05) is 20.2 Å². The van der Waals surface area contributed by atoms with E-state index in [-0.39, 0.29) is 23.5 Å². The van der Waals surface area contributed by atoms with Crippen LogP contribution in [-0.4, -0.2) is 36.9 Å². The zero-order valence-corrected chi connectivity index (χ0v) is 18.8. The summed E-state index contributed by atoms with van der Waals surface area (Å²) in [7, 11) is 1.61. The Bertz CT molecular complexity index is 1130. The summed E-state index contributed by atoms with van der Waals surface area (Å²) < 4.78 is 18.4. The molecule has 1 saturated heterocycles. The Hall–Kier alpha value is -3.67. The summed E-state index contributed by atoms with van der Waals surface area (Å²) >= 11 is 0. The molecule has 0 bridgehead atoms. The lowest BCUT2D eigenvalue weighted by molar-refractivity contribution is -0.125. The molecule has 5 nitrogen and oxygen atoms in total. The van der Waals surface area contributed by atoms with Crippen LogP contribution in [-0.2, 0) is 11.3 Å². The monoisotopic (exact) mass is 446 g/mol. The van der Waals surface area contributed by atoms with Crippen LogP contribution < -0.4 is 10.1 Å². The molecule has 33 heavy (non-hydrogen) atoms. The molecule has 170 valence electrons. The molecule has 0 aliphatic carbocycles. The minimum Gasteiger partial charge on any atom is -0.497 e. The molecular weight excluding hydrogens is 419 g/mol. The van der Waals surface area contributed by atoms with Crippen molar-refractivity contribution in [2.24, 2.45) is 5.92 Å². The van der Waals surface area contributed by atoms with Gasteiger partial charge in [0.25, 0.3) is 5.91 Å². The van der Waals surface area contributed by atoms with Crippen LogP contribution in [0.5, 0.6) is 5.75 Å². The van der Waals surface area contributed by atoms with Gasteiger partial charge in [0.2, 0.25) is 5.91 Å². The van der Waals surface area contributed by atoms with Crippen LogP contribution >= 0.6 is 0 Å². The van der Waals surface area contributed by atoms with E-state index in [1.165, 1.54) is 12.1 Å². The second-order valence-corrected chi connectivity index (χ2v) is 8.36. The first kappa shape index (κ1) is 22.5. The fraction of sp³-hybridized carbons (Fsp3) is 0.259. The fourth-order valence-corrected chi connectivity index (χ4v) is 4.33. The summed E-state index contributed by atoms with van der Waals surface area (Å²) in [5.41, 5.74) is 3.36. The van der Waals surface area contributed by atoms with Crippen LogP contribution in [0.4, 0.5) is 4.39 Å². The van der Waals surface area contributed by atoms with E-state index in [1.807, 2.05) is 55.5 Å². The van der Waals surface area contributed by atoms with Gasteiger partial charge in [-0.05, 0) is 53.9 Å². The first-order valence-electron chi connectivity index (χ1n) is 11.0. The molecule has 0 saturated carbocycles. The molecule has 1 fully saturated rings. The maximum atomic E-state index is 13.3. The Morgan fingerprint density at radius 2 is 1.70 bits per heavy atom. The highest BCUT2D eigenvalue weighted by Gasteiger charge is 2.40. The minimum absolute atomic E-state index is 0.0690. The number of aryl methyl sites for hydroxylation is 1. The van der Waals surface area contributed by atoms with Gasteiger partial charge in [-0.15, -0.1) is 0 Å². The maximum Gasteiger partial charge on any atom is 0.254 e. The first-order valence-corrected chi connectivity index (χ1v) is 11.0. The molecule has 2 amide bonds. The van der Waals surface area contributed by atoms with E-state index in [4.69, 9.17) is 4.74 Å². The van der Waals surface area contributed by atoms with Gasteiger partial charge in [0.15, 0.2) is 0 Å². The molecule has 2 unspecified atom stereocenters. The molecule has 4 rings (SSSR count). The molecule has 3 aromatic rings. The van der Waals surface area contributed by atoms with Gasteiger partial charge in [-0.2, -0.15) is 0 Å². The average Bonchev–Trinajstić information content (AvgIpc) is 3.29. The maximum absolute atomic E-state index is 13.3. The number of nitrogens with zero attached hydrogens (tertiary/aromatic N) is 1. The quantitative estimate of drug-likeness (QED) is 0.614. The second kappa shape index (κ2) is 9.86. The number of benzene rings is 3. The average molecular weight is 447 g/mol. The van der Waals surface area contributed by atoms with E-state index in [9.17, 15) is 14.0 Å². The lowest BCUT2D eigenvalue weighted by Crippen LogP contribution is -2.35. The molecule has 0 spiro atoms. The standard InChI is InChI=1S/C27H27FN2O3/c1-18-5-3-4-6-23(18)27(32)30-16-24(20-9-13-22(33-2)14-10-20)25(17-30)26(31)29-15-19-7-11-21(28)12-8-19/h3-14,24-25H,15-17H2,1-2H3,(H,29,31). The number of carbonyl (C=O) groups is 2. The van der Waals surface area contributed by atoms with E-state index in [0.717, 1.165) is 22.4 Å². The van der Waals surface area contributed by atoms with E-state index in [2.05, 4.69) is 5.32 Å². The van der Waals surface area contributed by atoms with Crippen LogP contribution in [0.2, 0.25) is 0 Å². The number of likely N-dealkylation sites (tertiary alicyclic amines) is 1. The number of hydrogen-bond donors (Lipinski definition) is 1. The Balaban J connectivity index is 1.55. The zero-order chi connectivity index (χ0) is 23.4. The highest BCUT2D eigenvalue weighted by molar-refractivity contribution is 5.96. The number of methoxy groups -OCH3 is 1. The Morgan fingerprint density at radius 1 is 1.00 bits per heavy atom. The van der Waals surface area contributed by atoms with Gasteiger partial charge < -0.3 is 15.0 Å². The second-order valence-electron chi connectivity index (χ2n) is 8.36. The third kappa shape index (κ3) is 5.06. The lowest BCUT2D eigenvalue weighted by Gasteiger charge is -2.18. The van der Waals surface area contributed by atoms with Gasteiger partial charge in [0.05, 0.1) is 13.0 Å². The third-order valence-corrected chi connectivity index (χ3v) is 6.24. The van der Waals surface area contributed by atoms with E-state index >= 15 is 0 Å². The largest absolute Gasteiger partial charge is 0.497 e. The predicted molar refractivity (Wildman–Crippen MR) is 125 cm³/mol. The SMILES string of the molecule is COc1ccc(C2CN(C(=O)c3ccccc3C)CC2C(=O)NCc2ccc(F)cc2)cc1. The first-order chi connectivity index (χ1) is 16.0. The summed E-state index contributed by atoms with van der Waals surface area (Å²) in [6.45, 7) is 3.00. The van der Waals surface area contributed by atoms with Crippen molar-refractivity contribution in [1.82, 2.24) is 10.2 Å². The Morgan fingerprint density at radius 3 is 2.36 bits per heavy atom. The van der Waals surface area contributed by atoms with Gasteiger partial charge in [-0.3, -0.25) is 9.59 Å². The number of nitrogens with one attached hydrogen (secondary N) is 1. The molecule has 1 heterocycles. The van der Waals surface area contributed by atoms with Crippen molar-refractivity contribution < 1.29 is 18.7 Å². The molecular formula is C27H27FN2O3. The van der Waals surface area contributed by atoms with Crippen LogP contribution in [0.25, 0.3) is 0 Å². The molecule has 2 atom stereocenters. The molecule has 6 heteroatoms. The van der Waals surface area contributed by atoms with Crippen molar-refractivity contribution in [3.05, 3.63) is 101 Å². The molecule has 1 N–H and O–H groups in total. The smallest absolute Gasteiger partial charge is 0.254 e. The molecule has 0 aromatic heterocycles. The van der Waals surface area contributed by atoms with Gasteiger partial charge in [0, 0.05) is 31.1 Å². The van der Waals surface area contributed by atoms with E-state index in [1.54, 1.807) is 24.1 Å². The number of halogens is 1. The van der Waals surface area contributed by atoms with Gasteiger partial charge in [0.1, 0.15) is 11.6 Å². The third-order valence-electron chi connectivity index (χ3n) is 6.24.